The van der Waals surface area contributed by atoms with Crippen molar-refractivity contribution in [2.75, 3.05) is 19.0 Å². The molecule has 0 saturated carbocycles. The molecular formula is C21H20F2N4O2. The van der Waals surface area contributed by atoms with E-state index >= 15 is 0 Å². The highest BCUT2D eigenvalue weighted by Gasteiger charge is 2.21. The molecule has 3 N–H and O–H groups in total. The van der Waals surface area contributed by atoms with Gasteiger partial charge in [-0.05, 0) is 43.3 Å². The summed E-state index contributed by atoms with van der Waals surface area (Å²) in [5.41, 5.74) is 6.52. The van der Waals surface area contributed by atoms with Crippen LogP contribution in [0.3, 0.4) is 0 Å². The summed E-state index contributed by atoms with van der Waals surface area (Å²) in [5.74, 6) is -2.31. The average molecular weight is 398 g/mol. The van der Waals surface area contributed by atoms with Crippen molar-refractivity contribution in [1.82, 2.24) is 4.98 Å². The average Bonchev–Trinajstić information content (AvgIpc) is 2.70. The third kappa shape index (κ3) is 4.43. The van der Waals surface area contributed by atoms with Crippen LogP contribution >= 0.6 is 0 Å². The van der Waals surface area contributed by atoms with Gasteiger partial charge in [-0.25, -0.2) is 8.78 Å². The molecule has 150 valence electrons. The van der Waals surface area contributed by atoms with Crippen LogP contribution in [0.4, 0.5) is 14.5 Å². The maximum atomic E-state index is 14.5. The number of amidine groups is 1. The number of halogens is 2. The van der Waals surface area contributed by atoms with E-state index in [0.29, 0.717) is 11.3 Å². The lowest BCUT2D eigenvalue weighted by Crippen LogP contribution is -2.10. The lowest BCUT2D eigenvalue weighted by molar-refractivity contribution is 0.373. The van der Waals surface area contributed by atoms with Crippen molar-refractivity contribution >= 4 is 11.5 Å². The Hall–Kier alpha value is -3.68. The molecule has 1 heterocycles. The Morgan fingerprint density at radius 2 is 1.55 bits per heavy atom. The Balaban J connectivity index is 1.92. The molecule has 2 aromatic carbocycles. The van der Waals surface area contributed by atoms with Crippen LogP contribution in [0, 0.1) is 24.0 Å². The van der Waals surface area contributed by atoms with E-state index in [4.69, 9.17) is 20.6 Å². The van der Waals surface area contributed by atoms with Gasteiger partial charge in [0.15, 0.2) is 11.6 Å². The number of hydrogen-bond donors (Lipinski definition) is 2. The van der Waals surface area contributed by atoms with Crippen molar-refractivity contribution in [3.8, 4) is 23.3 Å². The Morgan fingerprint density at radius 1 is 0.966 bits per heavy atom. The van der Waals surface area contributed by atoms with Gasteiger partial charge in [-0.1, -0.05) is 12.1 Å². The van der Waals surface area contributed by atoms with Crippen molar-refractivity contribution in [3.63, 3.8) is 0 Å². The predicted octanol–water partition coefficient (Wildman–Crippen LogP) is 4.60. The fraction of sp³-hybridized carbons (Fsp3) is 0.143. The van der Waals surface area contributed by atoms with Crippen molar-refractivity contribution < 1.29 is 18.3 Å². The van der Waals surface area contributed by atoms with Crippen LogP contribution in [-0.4, -0.2) is 24.9 Å². The number of rotatable bonds is 6. The molecule has 0 amide bonds. The van der Waals surface area contributed by atoms with Gasteiger partial charge < -0.3 is 20.1 Å². The standard InChI is InChI=1S/C21H20F2N4O2/c1-12-17(22)20(28-15-9-7-14(8-10-15)27(2)3)26-21(18(12)23)29-16-6-4-5-13(11-16)19(24)25/h4-11H,1-3H3,(H3,24,25). The van der Waals surface area contributed by atoms with E-state index in [1.807, 2.05) is 19.0 Å². The molecule has 0 spiro atoms. The van der Waals surface area contributed by atoms with Gasteiger partial charge in [0, 0.05) is 30.9 Å². The molecular weight excluding hydrogens is 378 g/mol. The minimum Gasteiger partial charge on any atom is -0.436 e. The maximum absolute atomic E-state index is 14.5. The van der Waals surface area contributed by atoms with Crippen LogP contribution < -0.4 is 20.1 Å². The topological polar surface area (TPSA) is 84.5 Å². The van der Waals surface area contributed by atoms with E-state index in [-0.39, 0.29) is 17.1 Å². The first-order chi connectivity index (χ1) is 13.8. The highest BCUT2D eigenvalue weighted by molar-refractivity contribution is 5.95. The molecule has 0 aliphatic carbocycles. The number of nitrogen functional groups attached to an aromatic ring is 1. The first kappa shape index (κ1) is 20.1. The molecule has 0 atom stereocenters. The molecule has 0 radical (unpaired) electrons. The summed E-state index contributed by atoms with van der Waals surface area (Å²) < 4.78 is 40.0. The molecule has 0 aliphatic heterocycles. The number of nitrogens with zero attached hydrogens (tertiary/aromatic N) is 2. The summed E-state index contributed by atoms with van der Waals surface area (Å²) in [6.07, 6.45) is 0. The third-order valence-corrected chi connectivity index (χ3v) is 4.16. The van der Waals surface area contributed by atoms with E-state index in [1.54, 1.807) is 42.5 Å². The summed E-state index contributed by atoms with van der Waals surface area (Å²) in [7, 11) is 3.79. The Bertz CT molecular complexity index is 1050. The summed E-state index contributed by atoms with van der Waals surface area (Å²) in [4.78, 5) is 5.77. The first-order valence-electron chi connectivity index (χ1n) is 8.69. The van der Waals surface area contributed by atoms with E-state index < -0.39 is 23.4 Å². The zero-order valence-corrected chi connectivity index (χ0v) is 16.2. The van der Waals surface area contributed by atoms with Gasteiger partial charge in [-0.2, -0.15) is 4.98 Å². The first-order valence-corrected chi connectivity index (χ1v) is 8.69. The molecule has 1 aromatic heterocycles. The zero-order valence-electron chi connectivity index (χ0n) is 16.2. The van der Waals surface area contributed by atoms with Crippen LogP contribution in [0.25, 0.3) is 0 Å². The minimum atomic E-state index is -0.939. The second-order valence-electron chi connectivity index (χ2n) is 6.51. The van der Waals surface area contributed by atoms with Gasteiger partial charge in [-0.15, -0.1) is 0 Å². The van der Waals surface area contributed by atoms with Crippen molar-refractivity contribution in [3.05, 3.63) is 71.3 Å². The number of anilines is 1. The third-order valence-electron chi connectivity index (χ3n) is 4.16. The van der Waals surface area contributed by atoms with Gasteiger partial charge in [-0.3, -0.25) is 5.41 Å². The number of pyridine rings is 1. The Kier molecular flexibility index (Phi) is 5.63. The summed E-state index contributed by atoms with van der Waals surface area (Å²) in [6, 6.07) is 13.1. The number of aromatic nitrogens is 1. The quantitative estimate of drug-likeness (QED) is 0.468. The highest BCUT2D eigenvalue weighted by atomic mass is 19.1. The fourth-order valence-electron chi connectivity index (χ4n) is 2.51. The van der Waals surface area contributed by atoms with E-state index in [9.17, 15) is 8.78 Å². The highest BCUT2D eigenvalue weighted by Crippen LogP contribution is 2.33. The van der Waals surface area contributed by atoms with E-state index in [0.717, 1.165) is 5.69 Å². The molecule has 3 rings (SSSR count). The number of hydrogen-bond acceptors (Lipinski definition) is 5. The minimum absolute atomic E-state index is 0.163. The predicted molar refractivity (Wildman–Crippen MR) is 107 cm³/mol. The van der Waals surface area contributed by atoms with Crippen LogP contribution in [0.5, 0.6) is 23.3 Å². The van der Waals surface area contributed by atoms with Gasteiger partial charge in [0.2, 0.25) is 0 Å². The van der Waals surface area contributed by atoms with Crippen LogP contribution in [-0.2, 0) is 0 Å². The van der Waals surface area contributed by atoms with Crippen molar-refractivity contribution in [2.24, 2.45) is 5.73 Å². The van der Waals surface area contributed by atoms with Crippen LogP contribution in [0.15, 0.2) is 48.5 Å². The zero-order chi connectivity index (χ0) is 21.1. The number of ether oxygens (including phenoxy) is 2. The fourth-order valence-corrected chi connectivity index (χ4v) is 2.51. The van der Waals surface area contributed by atoms with Crippen molar-refractivity contribution in [2.45, 2.75) is 6.92 Å². The summed E-state index contributed by atoms with van der Waals surface area (Å²) in [6.45, 7) is 1.27. The molecule has 29 heavy (non-hydrogen) atoms. The molecule has 0 bridgehead atoms. The van der Waals surface area contributed by atoms with Gasteiger partial charge in [0.05, 0.1) is 0 Å². The molecule has 0 saturated heterocycles. The monoisotopic (exact) mass is 398 g/mol. The lowest BCUT2D eigenvalue weighted by Gasteiger charge is -2.14. The number of nitrogens with two attached hydrogens (primary N) is 1. The number of benzene rings is 2. The van der Waals surface area contributed by atoms with Crippen molar-refractivity contribution in [1.29, 1.82) is 5.41 Å². The lowest BCUT2D eigenvalue weighted by atomic mass is 10.2. The van der Waals surface area contributed by atoms with Crippen LogP contribution in [0.2, 0.25) is 0 Å². The van der Waals surface area contributed by atoms with E-state index in [1.165, 1.54) is 13.0 Å². The second-order valence-corrected chi connectivity index (χ2v) is 6.51. The Morgan fingerprint density at radius 3 is 2.10 bits per heavy atom. The van der Waals surface area contributed by atoms with Crippen LogP contribution in [0.1, 0.15) is 11.1 Å². The molecule has 3 aromatic rings. The van der Waals surface area contributed by atoms with E-state index in [2.05, 4.69) is 4.98 Å². The molecule has 8 heteroatoms. The number of nitrogens with one attached hydrogen (secondary N) is 1. The van der Waals surface area contributed by atoms with Gasteiger partial charge >= 0.3 is 0 Å². The SMILES string of the molecule is Cc1c(F)c(Oc2ccc(N(C)C)cc2)nc(Oc2cccc(C(=N)N)c2)c1F. The maximum Gasteiger partial charge on any atom is 0.259 e. The van der Waals surface area contributed by atoms with Gasteiger partial charge in [0.1, 0.15) is 17.3 Å². The molecule has 0 fully saturated rings. The second kappa shape index (κ2) is 8.14. The largest absolute Gasteiger partial charge is 0.436 e. The molecule has 0 aliphatic rings. The smallest absolute Gasteiger partial charge is 0.259 e. The summed E-state index contributed by atoms with van der Waals surface area (Å²) in [5, 5.41) is 7.48. The summed E-state index contributed by atoms with van der Waals surface area (Å²) >= 11 is 0. The molecule has 0 unspecified atom stereocenters. The normalized spacial score (nSPS) is 10.5. The molecule has 6 nitrogen and oxygen atoms in total. The van der Waals surface area contributed by atoms with Gasteiger partial charge in [0.25, 0.3) is 11.8 Å². The Labute approximate surface area is 167 Å².